The molecule has 0 heterocycles. The molecule has 1 atom stereocenters. The van der Waals surface area contributed by atoms with Crippen molar-refractivity contribution < 1.29 is 9.84 Å². The topological polar surface area (TPSA) is 29.5 Å². The van der Waals surface area contributed by atoms with E-state index < -0.39 is 0 Å². The van der Waals surface area contributed by atoms with Crippen LogP contribution in [0, 0.1) is 0 Å². The lowest BCUT2D eigenvalue weighted by atomic mass is 10.1. The highest BCUT2D eigenvalue weighted by atomic mass is 16.5. The van der Waals surface area contributed by atoms with E-state index in [1.54, 1.807) is 0 Å². The van der Waals surface area contributed by atoms with Crippen LogP contribution in [-0.2, 0) is 4.74 Å². The van der Waals surface area contributed by atoms with Crippen LogP contribution in [0.2, 0.25) is 0 Å². The quantitative estimate of drug-likeness (QED) is 0.597. The third-order valence-electron chi connectivity index (χ3n) is 1.42. The number of allylic oxidation sites excluding steroid dienone is 1. The summed E-state index contributed by atoms with van der Waals surface area (Å²) in [6.45, 7) is 8.76. The van der Waals surface area contributed by atoms with Gasteiger partial charge in [-0.3, -0.25) is 0 Å². The van der Waals surface area contributed by atoms with Crippen molar-refractivity contribution in [2.75, 3.05) is 13.2 Å². The Bertz CT molecular complexity index is 110. The van der Waals surface area contributed by atoms with Crippen molar-refractivity contribution in [2.24, 2.45) is 0 Å². The second-order valence-electron chi connectivity index (χ2n) is 2.81. The third kappa shape index (κ3) is 7.56. The number of aliphatic hydroxyl groups is 1. The van der Waals surface area contributed by atoms with Crippen LogP contribution in [0.4, 0.5) is 0 Å². The molecule has 66 valence electrons. The van der Waals surface area contributed by atoms with Crippen molar-refractivity contribution in [2.45, 2.75) is 32.8 Å². The van der Waals surface area contributed by atoms with Crippen molar-refractivity contribution in [3.05, 3.63) is 12.2 Å². The fourth-order valence-corrected chi connectivity index (χ4v) is 0.750. The van der Waals surface area contributed by atoms with E-state index in [9.17, 15) is 5.11 Å². The molecule has 0 radical (unpaired) electrons. The largest absolute Gasteiger partial charge is 0.391 e. The molecule has 0 saturated carbocycles. The van der Waals surface area contributed by atoms with Crippen LogP contribution in [0.5, 0.6) is 0 Å². The molecule has 0 aliphatic heterocycles. The molecule has 0 aromatic heterocycles. The Labute approximate surface area is 68.9 Å². The molecule has 0 spiro atoms. The maximum atomic E-state index is 9.26. The van der Waals surface area contributed by atoms with Crippen LogP contribution in [0.1, 0.15) is 26.7 Å². The van der Waals surface area contributed by atoms with Crippen molar-refractivity contribution in [1.29, 1.82) is 0 Å². The Morgan fingerprint density at radius 1 is 1.64 bits per heavy atom. The van der Waals surface area contributed by atoms with E-state index in [2.05, 4.69) is 6.58 Å². The zero-order valence-electron chi connectivity index (χ0n) is 7.47. The van der Waals surface area contributed by atoms with Gasteiger partial charge in [0.05, 0.1) is 12.7 Å². The van der Waals surface area contributed by atoms with Crippen LogP contribution in [0.15, 0.2) is 12.2 Å². The Balaban J connectivity index is 3.22. The maximum absolute atomic E-state index is 9.26. The molecule has 0 rings (SSSR count). The average molecular weight is 158 g/mol. The van der Waals surface area contributed by atoms with E-state index in [0.717, 1.165) is 18.4 Å². The minimum atomic E-state index is -0.327. The number of hydrogen-bond donors (Lipinski definition) is 1. The van der Waals surface area contributed by atoms with Crippen LogP contribution < -0.4 is 0 Å². The first-order chi connectivity index (χ1) is 5.16. The van der Waals surface area contributed by atoms with E-state index in [1.807, 2.05) is 13.8 Å². The van der Waals surface area contributed by atoms with E-state index >= 15 is 0 Å². The Morgan fingerprint density at radius 3 is 2.73 bits per heavy atom. The molecule has 1 N–H and O–H groups in total. The molecule has 0 aliphatic rings. The summed E-state index contributed by atoms with van der Waals surface area (Å²) in [6, 6.07) is 0. The van der Waals surface area contributed by atoms with Gasteiger partial charge in [0.1, 0.15) is 0 Å². The number of hydrogen-bond acceptors (Lipinski definition) is 2. The van der Waals surface area contributed by atoms with E-state index in [4.69, 9.17) is 4.74 Å². The first-order valence-electron chi connectivity index (χ1n) is 4.07. The molecule has 2 heteroatoms. The van der Waals surface area contributed by atoms with Crippen molar-refractivity contribution in [3.8, 4) is 0 Å². The standard InChI is InChI=1S/C9H18O2/c1-4-11-7-9(10)6-5-8(2)3/h9-10H,2,4-7H2,1,3H3/t9-/m0/s1. The van der Waals surface area contributed by atoms with Gasteiger partial charge >= 0.3 is 0 Å². The first-order valence-corrected chi connectivity index (χ1v) is 4.07. The number of rotatable bonds is 6. The highest BCUT2D eigenvalue weighted by molar-refractivity contribution is 4.88. The zero-order valence-corrected chi connectivity index (χ0v) is 7.47. The van der Waals surface area contributed by atoms with Crippen LogP contribution >= 0.6 is 0 Å². The Morgan fingerprint density at radius 2 is 2.27 bits per heavy atom. The molecule has 0 aromatic carbocycles. The van der Waals surface area contributed by atoms with Gasteiger partial charge in [0.25, 0.3) is 0 Å². The second kappa shape index (κ2) is 6.38. The highest BCUT2D eigenvalue weighted by Gasteiger charge is 2.02. The minimum absolute atomic E-state index is 0.327. The van der Waals surface area contributed by atoms with Crippen molar-refractivity contribution in [1.82, 2.24) is 0 Å². The summed E-state index contributed by atoms with van der Waals surface area (Å²) in [5.41, 5.74) is 1.11. The molecule has 2 nitrogen and oxygen atoms in total. The Kier molecular flexibility index (Phi) is 6.18. The van der Waals surface area contributed by atoms with Crippen LogP contribution in [-0.4, -0.2) is 24.4 Å². The molecule has 0 saturated heterocycles. The normalized spacial score (nSPS) is 13.0. The highest BCUT2D eigenvalue weighted by Crippen LogP contribution is 2.04. The van der Waals surface area contributed by atoms with E-state index in [1.165, 1.54) is 0 Å². The molecular weight excluding hydrogens is 140 g/mol. The van der Waals surface area contributed by atoms with Crippen molar-refractivity contribution in [3.63, 3.8) is 0 Å². The van der Waals surface area contributed by atoms with E-state index in [0.29, 0.717) is 13.2 Å². The summed E-state index contributed by atoms with van der Waals surface area (Å²) >= 11 is 0. The second-order valence-corrected chi connectivity index (χ2v) is 2.81. The lowest BCUT2D eigenvalue weighted by molar-refractivity contribution is 0.0384. The summed E-state index contributed by atoms with van der Waals surface area (Å²) < 4.78 is 5.05. The van der Waals surface area contributed by atoms with Gasteiger partial charge in [-0.2, -0.15) is 0 Å². The lowest BCUT2D eigenvalue weighted by Gasteiger charge is -2.09. The smallest absolute Gasteiger partial charge is 0.0776 e. The molecule has 11 heavy (non-hydrogen) atoms. The molecule has 0 unspecified atom stereocenters. The lowest BCUT2D eigenvalue weighted by Crippen LogP contribution is -2.14. The average Bonchev–Trinajstić information content (AvgIpc) is 1.97. The van der Waals surface area contributed by atoms with E-state index in [-0.39, 0.29) is 6.10 Å². The molecule has 0 bridgehead atoms. The summed E-state index contributed by atoms with van der Waals surface area (Å²) in [5.74, 6) is 0. The van der Waals surface area contributed by atoms with Gasteiger partial charge in [0, 0.05) is 6.61 Å². The van der Waals surface area contributed by atoms with Crippen LogP contribution in [0.3, 0.4) is 0 Å². The van der Waals surface area contributed by atoms with Gasteiger partial charge in [-0.05, 0) is 26.7 Å². The molecule has 0 fully saturated rings. The third-order valence-corrected chi connectivity index (χ3v) is 1.42. The Hall–Kier alpha value is -0.340. The van der Waals surface area contributed by atoms with Gasteiger partial charge in [-0.15, -0.1) is 6.58 Å². The van der Waals surface area contributed by atoms with Gasteiger partial charge < -0.3 is 9.84 Å². The molecular formula is C9H18O2. The predicted molar refractivity (Wildman–Crippen MR) is 46.5 cm³/mol. The molecule has 0 aliphatic carbocycles. The van der Waals surface area contributed by atoms with Gasteiger partial charge in [0.15, 0.2) is 0 Å². The first kappa shape index (κ1) is 10.7. The zero-order chi connectivity index (χ0) is 8.69. The SMILES string of the molecule is C=C(C)CC[C@H](O)COCC. The van der Waals surface area contributed by atoms with Gasteiger partial charge in [-0.25, -0.2) is 0 Å². The predicted octanol–water partition coefficient (Wildman–Crippen LogP) is 1.74. The molecule has 0 aromatic rings. The number of aliphatic hydroxyl groups excluding tert-OH is 1. The van der Waals surface area contributed by atoms with Crippen LogP contribution in [0.25, 0.3) is 0 Å². The summed E-state index contributed by atoms with van der Waals surface area (Å²) in [4.78, 5) is 0. The van der Waals surface area contributed by atoms with Crippen molar-refractivity contribution >= 4 is 0 Å². The molecule has 0 amide bonds. The summed E-state index contributed by atoms with van der Waals surface area (Å²) in [5, 5.41) is 9.26. The maximum Gasteiger partial charge on any atom is 0.0776 e. The fraction of sp³-hybridized carbons (Fsp3) is 0.778. The van der Waals surface area contributed by atoms with Gasteiger partial charge in [0.2, 0.25) is 0 Å². The van der Waals surface area contributed by atoms with Gasteiger partial charge in [-0.1, -0.05) is 5.57 Å². The fourth-order valence-electron chi connectivity index (χ4n) is 0.750. The summed E-state index contributed by atoms with van der Waals surface area (Å²) in [6.07, 6.45) is 1.32. The summed E-state index contributed by atoms with van der Waals surface area (Å²) in [7, 11) is 0. The number of ether oxygens (including phenoxy) is 1. The minimum Gasteiger partial charge on any atom is -0.391 e. The monoisotopic (exact) mass is 158 g/mol.